The number of likely N-dealkylation sites (tertiary alicyclic amines) is 4. The highest BCUT2D eigenvalue weighted by atomic mass is 35.5. The lowest BCUT2D eigenvalue weighted by molar-refractivity contribution is -0.155. The smallest absolute Gasteiger partial charge is 0.405 e. The number of carboxylic acids is 1. The zero-order chi connectivity index (χ0) is 87.4. The lowest BCUT2D eigenvalue weighted by Crippen LogP contribution is -2.39. The van der Waals surface area contributed by atoms with Gasteiger partial charge in [-0.25, -0.2) is 24.5 Å². The molecule has 3 saturated carbocycles. The van der Waals surface area contributed by atoms with E-state index in [1.165, 1.54) is 63.5 Å². The molecule has 0 bridgehead atoms. The van der Waals surface area contributed by atoms with Crippen molar-refractivity contribution in [1.82, 2.24) is 49.8 Å². The maximum atomic E-state index is 12.9. The lowest BCUT2D eigenvalue weighted by Gasteiger charge is -2.32. The highest BCUT2D eigenvalue weighted by Gasteiger charge is 2.33. The second kappa shape index (κ2) is 46.3. The fourth-order valence-corrected chi connectivity index (χ4v) is 13.7. The number of ketones is 3. The van der Waals surface area contributed by atoms with Crippen LogP contribution in [0.5, 0.6) is 0 Å². The van der Waals surface area contributed by atoms with Crippen LogP contribution in [0, 0.1) is 58.3 Å². The summed E-state index contributed by atoms with van der Waals surface area (Å²) in [5.74, 6) is 3.23. The van der Waals surface area contributed by atoms with E-state index in [0.717, 1.165) is 107 Å². The first kappa shape index (κ1) is 97.5. The van der Waals surface area contributed by atoms with Crippen LogP contribution in [-0.4, -0.2) is 203 Å². The Balaban J connectivity index is 0.000000220. The van der Waals surface area contributed by atoms with Crippen molar-refractivity contribution in [3.8, 4) is 0 Å². The number of anilines is 1. The normalized spacial score (nSPS) is 16.9. The number of aryl methyl sites for hydroxylation is 5. The Morgan fingerprint density at radius 1 is 0.415 bits per heavy atom. The zero-order valence-electron chi connectivity index (χ0n) is 71.5. The molecule has 5 saturated heterocycles. The molecular formula is C88H125Cl2N13O15. The second-order valence-electron chi connectivity index (χ2n) is 34.3. The minimum absolute atomic E-state index is 0.0636. The third-order valence-electron chi connectivity index (χ3n) is 20.1. The Kier molecular flexibility index (Phi) is 38.2. The van der Waals surface area contributed by atoms with Gasteiger partial charge in [0.25, 0.3) is 23.6 Å². The van der Waals surface area contributed by atoms with E-state index in [1.807, 2.05) is 65.2 Å². The van der Waals surface area contributed by atoms with Crippen LogP contribution in [0.4, 0.5) is 10.6 Å². The number of carbonyl (C=O) groups excluding carboxylic acids is 10. The number of nitrogens with zero attached hydrogens (tertiary/aromatic N) is 9. The Labute approximate surface area is 705 Å². The number of rotatable bonds is 13. The number of nitrogens with two attached hydrogens (primary N) is 3. The summed E-state index contributed by atoms with van der Waals surface area (Å²) in [6, 6.07) is 17.2. The predicted molar refractivity (Wildman–Crippen MR) is 452 cm³/mol. The first-order chi connectivity index (χ1) is 55.4. The molecule has 5 aromatic rings. The van der Waals surface area contributed by atoms with Gasteiger partial charge >= 0.3 is 24.0 Å². The number of carbonyl (C=O) groups is 11. The minimum atomic E-state index is -0.980. The van der Waals surface area contributed by atoms with Crippen LogP contribution < -0.4 is 22.5 Å². The number of esters is 2. The number of nitrogens with one attached hydrogen (secondary N) is 1. The molecule has 0 radical (unpaired) electrons. The topological polar surface area (TPSA) is 403 Å². The Morgan fingerprint density at radius 2 is 0.703 bits per heavy atom. The molecule has 0 atom stereocenters. The molecule has 0 aromatic carbocycles. The molecule has 646 valence electrons. The van der Waals surface area contributed by atoms with E-state index < -0.39 is 28.9 Å². The largest absolute Gasteiger partial charge is 0.478 e. The first-order valence-electron chi connectivity index (χ1n) is 41.2. The first-order valence-corrected chi connectivity index (χ1v) is 41.9. The molecular weight excluding hydrogens is 1550 g/mol. The van der Waals surface area contributed by atoms with Crippen molar-refractivity contribution in [3.63, 3.8) is 0 Å². The molecule has 10 heterocycles. The molecule has 0 unspecified atom stereocenters. The van der Waals surface area contributed by atoms with Crippen molar-refractivity contribution < 1.29 is 72.1 Å². The second-order valence-corrected chi connectivity index (χ2v) is 35.0. The van der Waals surface area contributed by atoms with E-state index in [2.05, 4.69) is 35.0 Å². The molecule has 8 fully saturated rings. The highest BCUT2D eigenvalue weighted by molar-refractivity contribution is 6.29. The van der Waals surface area contributed by atoms with Crippen LogP contribution in [0.15, 0.2) is 60.7 Å². The number of hydrogen-bond donors (Lipinski definition) is 5. The molecule has 118 heavy (non-hydrogen) atoms. The molecule has 8 aliphatic rings. The summed E-state index contributed by atoms with van der Waals surface area (Å²) in [5, 5.41) is 12.4. The third kappa shape index (κ3) is 36.9. The lowest BCUT2D eigenvalue weighted by atomic mass is 9.91. The molecule has 28 nitrogen and oxygen atoms in total. The van der Waals surface area contributed by atoms with E-state index in [1.54, 1.807) is 99.9 Å². The van der Waals surface area contributed by atoms with Crippen LogP contribution in [0.1, 0.15) is 270 Å². The van der Waals surface area contributed by atoms with Crippen molar-refractivity contribution in [2.24, 2.45) is 35.1 Å². The molecule has 5 amide bonds. The number of ether oxygens (including phenoxy) is 3. The number of Topliss-reactive ketones (excluding diaryl/α,β-unsaturated/α-hetero) is 3. The molecule has 8 N–H and O–H groups in total. The van der Waals surface area contributed by atoms with Crippen LogP contribution >= 0.6 is 23.2 Å². The number of nitrogen functional groups attached to an aromatic ring is 1. The van der Waals surface area contributed by atoms with Gasteiger partial charge in [-0.05, 0) is 233 Å². The number of halogens is 2. The van der Waals surface area contributed by atoms with Crippen molar-refractivity contribution in [2.75, 3.05) is 71.2 Å². The Morgan fingerprint density at radius 3 is 0.966 bits per heavy atom. The van der Waals surface area contributed by atoms with Gasteiger partial charge in [-0.1, -0.05) is 48.9 Å². The quantitative estimate of drug-likeness (QED) is 0.0415. The number of aromatic nitrogens is 5. The summed E-state index contributed by atoms with van der Waals surface area (Å²) >= 11 is 11.3. The molecule has 3 aliphatic carbocycles. The molecule has 5 aromatic heterocycles. The Bertz CT molecular complexity index is 4250. The average Bonchev–Trinajstić information content (AvgIpc) is 1.48. The highest BCUT2D eigenvalue weighted by Crippen LogP contribution is 2.40. The summed E-state index contributed by atoms with van der Waals surface area (Å²) in [4.78, 5) is 155. The Hall–Kier alpha value is -9.38. The molecule has 30 heteroatoms. The summed E-state index contributed by atoms with van der Waals surface area (Å²) in [6.45, 7) is 32.2. The van der Waals surface area contributed by atoms with E-state index >= 15 is 0 Å². The van der Waals surface area contributed by atoms with Gasteiger partial charge in [0, 0.05) is 110 Å². The van der Waals surface area contributed by atoms with Gasteiger partial charge in [-0.2, -0.15) is 0 Å². The number of carboxylic acid groups (broad SMARTS) is 1. The van der Waals surface area contributed by atoms with Gasteiger partial charge in [-0.3, -0.25) is 53.1 Å². The van der Waals surface area contributed by atoms with Gasteiger partial charge < -0.3 is 61.4 Å². The SMILES string of the molecule is CC(C)(C)OC(N)=O.Cc1nc(CC(=O)OC(C)(C)C)ccc1C(=O)N1CCC(=O)CC1.Cc1nc(CC(=O)OC(C)(C)C)ccc1C(=O)N1CCC(CC2CC2)CC1.Cc1nc(Cl)ccc1C(=O)N1CCC(=O)CC1.Cc1nc(Cl)ccc1C(=O)O.Cc1nc(N)ccc1C(=O)N1CCC(CC2CC2)CC1.NC1CC1.O=C1CCNCC1. The van der Waals surface area contributed by atoms with Crippen molar-refractivity contribution in [2.45, 2.75) is 248 Å². The third-order valence-corrected chi connectivity index (χ3v) is 20.5. The fourth-order valence-electron chi connectivity index (χ4n) is 13.3. The molecule has 13 rings (SSSR count). The summed E-state index contributed by atoms with van der Waals surface area (Å²) in [6.07, 6.45) is 18.1. The van der Waals surface area contributed by atoms with Crippen molar-refractivity contribution in [3.05, 3.63) is 139 Å². The zero-order valence-corrected chi connectivity index (χ0v) is 73.1. The predicted octanol–water partition coefficient (Wildman–Crippen LogP) is 13.1. The van der Waals surface area contributed by atoms with E-state index in [0.29, 0.717) is 136 Å². The minimum Gasteiger partial charge on any atom is -0.478 e. The maximum absolute atomic E-state index is 12.9. The van der Waals surface area contributed by atoms with Crippen molar-refractivity contribution >= 4 is 94.0 Å². The number of primary amides is 1. The maximum Gasteiger partial charge on any atom is 0.405 e. The van der Waals surface area contributed by atoms with Gasteiger partial charge in [0.05, 0.1) is 80.5 Å². The van der Waals surface area contributed by atoms with Gasteiger partial charge in [0.2, 0.25) is 0 Å². The van der Waals surface area contributed by atoms with Gasteiger partial charge in [0.15, 0.2) is 0 Å². The number of pyridine rings is 5. The van der Waals surface area contributed by atoms with E-state index in [-0.39, 0.29) is 65.5 Å². The van der Waals surface area contributed by atoms with E-state index in [9.17, 15) is 52.7 Å². The van der Waals surface area contributed by atoms with Crippen LogP contribution in [-0.2, 0) is 51.0 Å². The average molecular weight is 1680 g/mol. The molecule has 5 aliphatic heterocycles. The summed E-state index contributed by atoms with van der Waals surface area (Å²) in [5.41, 5.74) is 21.0. The summed E-state index contributed by atoms with van der Waals surface area (Å²) in [7, 11) is 0. The number of piperidine rings is 5. The fraction of sp³-hybridized carbons (Fsp3) is 0.591. The van der Waals surface area contributed by atoms with Crippen LogP contribution in [0.2, 0.25) is 10.3 Å². The van der Waals surface area contributed by atoms with Gasteiger partial charge in [0.1, 0.15) is 50.3 Å². The molecule has 0 spiro atoms. The standard InChI is InChI=1S/C22H32N2O3.C18H24N2O4.C16H23N3O.C12H13ClN2O2.C7H6ClNO2.C5H11NO2.C5H9NO.C3H7N/c1-15-19(8-7-18(23-15)14-20(25)27-22(2,3)4)21(26)24-11-9-17(10-12-24)13-16-5-6-16;1-12-15(17(23)20-9-7-14(21)8-10-20)6-5-13(19-12)11-16(22)24-18(2,3)4;1-11-14(4-5-15(17)18-11)16(20)19-8-6-13(7-9-19)10-12-2-3-12;1-8-10(2-3-11(13)14-8)12(17)15-6-4-9(16)5-7-15;1-4-5(7(10)11)2-3-6(8)9-4;1-5(2,3)8-4(6)7;7-5-1-3-6-4-2-5;4-3-1-2-3/h7-8,16-17H,5-6,9-14H2,1-4H3;5-6H,7-11H2,1-4H3;4-5,12-13H,2-3,6-10H2,1H3,(H2,17,18);2-3H,4-7H2,1H3;2-3H,1H3,(H,10,11);1-3H3,(H2,6,7);6H,1-4H2;3H,1-2,4H2. The van der Waals surface area contributed by atoms with Crippen LogP contribution in [0.3, 0.4) is 0 Å². The number of aromatic carboxylic acids is 1. The summed E-state index contributed by atoms with van der Waals surface area (Å²) < 4.78 is 15.2. The van der Waals surface area contributed by atoms with E-state index in [4.69, 9.17) is 55.0 Å². The van der Waals surface area contributed by atoms with Crippen LogP contribution in [0.25, 0.3) is 0 Å². The number of hydrogen-bond acceptors (Lipinski definition) is 22. The van der Waals surface area contributed by atoms with Crippen molar-refractivity contribution in [1.29, 1.82) is 0 Å². The number of amides is 5. The van der Waals surface area contributed by atoms with Gasteiger partial charge in [-0.15, -0.1) is 0 Å². The monoisotopic (exact) mass is 1670 g/mol.